The lowest BCUT2D eigenvalue weighted by atomic mass is 10.2. The third kappa shape index (κ3) is 2.73. The lowest BCUT2D eigenvalue weighted by molar-refractivity contribution is 0.663. The molecule has 182 valence electrons. The van der Waals surface area contributed by atoms with Crippen LogP contribution in [0.2, 0.25) is 0 Å². The first-order valence-corrected chi connectivity index (χ1v) is 13.0. The van der Waals surface area contributed by atoms with Crippen molar-refractivity contribution in [3.63, 3.8) is 0 Å². The zero-order chi connectivity index (χ0) is 25.5. The van der Waals surface area contributed by atoms with Crippen LogP contribution < -0.4 is 0 Å². The summed E-state index contributed by atoms with van der Waals surface area (Å²) in [7, 11) is 0. The van der Waals surface area contributed by atoms with Crippen molar-refractivity contribution in [3.8, 4) is 11.5 Å². The van der Waals surface area contributed by atoms with Crippen LogP contribution in [0.3, 0.4) is 0 Å². The minimum absolute atomic E-state index is 0.740. The van der Waals surface area contributed by atoms with Gasteiger partial charge in [-0.3, -0.25) is 9.55 Å². The number of rotatable bonds is 2. The number of aromatic nitrogens is 4. The second-order valence-corrected chi connectivity index (χ2v) is 9.92. The van der Waals surface area contributed by atoms with Crippen molar-refractivity contribution in [2.24, 2.45) is 0 Å². The van der Waals surface area contributed by atoms with Gasteiger partial charge in [0, 0.05) is 38.5 Å². The largest absolute Gasteiger partial charge is 0.452 e. The van der Waals surface area contributed by atoms with Gasteiger partial charge in [0.2, 0.25) is 0 Å². The van der Waals surface area contributed by atoms with E-state index in [2.05, 4.69) is 117 Å². The van der Waals surface area contributed by atoms with Gasteiger partial charge in [-0.25, -0.2) is 4.98 Å². The van der Waals surface area contributed by atoms with E-state index in [1.54, 1.807) is 0 Å². The molecule has 0 aliphatic carbocycles. The van der Waals surface area contributed by atoms with Crippen LogP contribution in [0.5, 0.6) is 0 Å². The van der Waals surface area contributed by atoms with E-state index < -0.39 is 0 Å². The van der Waals surface area contributed by atoms with E-state index >= 15 is 0 Å². The molecule has 9 aromatic rings. The predicted molar refractivity (Wildman–Crippen MR) is 158 cm³/mol. The molecule has 5 aromatic heterocycles. The number of benzene rings is 4. The summed E-state index contributed by atoms with van der Waals surface area (Å²) in [6.07, 6.45) is 5.63. The SMILES string of the molecule is c1ccc2c(c1)c1ccccc1n2-c1cc2c(cn1)oc1c(-n3c4ccccc4c4ccccc43)cncc12. The number of nitrogens with zero attached hydrogens (tertiary/aromatic N) is 4. The zero-order valence-electron chi connectivity index (χ0n) is 20.7. The maximum Gasteiger partial charge on any atom is 0.162 e. The van der Waals surface area contributed by atoms with Gasteiger partial charge in [-0.05, 0) is 30.3 Å². The summed E-state index contributed by atoms with van der Waals surface area (Å²) in [6, 6.07) is 36.0. The Kier molecular flexibility index (Phi) is 3.99. The van der Waals surface area contributed by atoms with Gasteiger partial charge in [-0.2, -0.15) is 0 Å². The van der Waals surface area contributed by atoms with Crippen LogP contribution in [-0.2, 0) is 0 Å². The number of para-hydroxylation sites is 4. The number of hydrogen-bond acceptors (Lipinski definition) is 3. The van der Waals surface area contributed by atoms with E-state index in [4.69, 9.17) is 9.40 Å². The van der Waals surface area contributed by atoms with Crippen molar-refractivity contribution in [1.82, 2.24) is 19.1 Å². The quantitative estimate of drug-likeness (QED) is 0.239. The summed E-state index contributed by atoms with van der Waals surface area (Å²) in [5, 5.41) is 6.79. The molecular formula is C34H20N4O. The predicted octanol–water partition coefficient (Wildman–Crippen LogP) is 8.57. The minimum atomic E-state index is 0.740. The Bertz CT molecular complexity index is 2300. The van der Waals surface area contributed by atoms with Crippen LogP contribution in [0.1, 0.15) is 0 Å². The standard InChI is InChI=1S/C34H20N4O/c1-5-13-27-21(9-1)22-10-2-6-14-28(22)37(27)31-19-35-18-26-25-17-33(36-20-32(25)39-34(26)31)38-29-15-7-3-11-23(29)24-12-4-8-16-30(24)38/h1-20H. The van der Waals surface area contributed by atoms with Crippen LogP contribution in [0.25, 0.3) is 77.1 Å². The summed E-state index contributed by atoms with van der Waals surface area (Å²) in [6.45, 7) is 0. The van der Waals surface area contributed by atoms with Crippen molar-refractivity contribution in [2.75, 3.05) is 0 Å². The lowest BCUT2D eigenvalue weighted by Crippen LogP contribution is -1.96. The van der Waals surface area contributed by atoms with Gasteiger partial charge in [0.25, 0.3) is 0 Å². The molecule has 0 spiro atoms. The van der Waals surface area contributed by atoms with Crippen LogP contribution in [0, 0.1) is 0 Å². The van der Waals surface area contributed by atoms with Gasteiger partial charge in [0.15, 0.2) is 11.2 Å². The molecule has 0 unspecified atom stereocenters. The van der Waals surface area contributed by atoms with E-state index in [-0.39, 0.29) is 0 Å². The average Bonchev–Trinajstić information content (AvgIpc) is 3.65. The van der Waals surface area contributed by atoms with E-state index in [0.29, 0.717) is 0 Å². The fourth-order valence-electron chi connectivity index (χ4n) is 6.20. The summed E-state index contributed by atoms with van der Waals surface area (Å²) in [4.78, 5) is 9.57. The Morgan fingerprint density at radius 1 is 0.487 bits per heavy atom. The zero-order valence-corrected chi connectivity index (χ0v) is 20.7. The van der Waals surface area contributed by atoms with Crippen molar-refractivity contribution < 1.29 is 4.42 Å². The molecule has 0 saturated heterocycles. The van der Waals surface area contributed by atoms with Gasteiger partial charge >= 0.3 is 0 Å². The summed E-state index contributed by atoms with van der Waals surface area (Å²) < 4.78 is 11.0. The molecule has 0 N–H and O–H groups in total. The molecular weight excluding hydrogens is 480 g/mol. The van der Waals surface area contributed by atoms with Crippen LogP contribution in [0.4, 0.5) is 0 Å². The highest BCUT2D eigenvalue weighted by Crippen LogP contribution is 2.38. The topological polar surface area (TPSA) is 48.8 Å². The Morgan fingerprint density at radius 2 is 1.00 bits per heavy atom. The lowest BCUT2D eigenvalue weighted by Gasteiger charge is -2.07. The Labute approximate surface area is 222 Å². The average molecular weight is 501 g/mol. The van der Waals surface area contributed by atoms with Gasteiger partial charge in [0.1, 0.15) is 11.5 Å². The smallest absolute Gasteiger partial charge is 0.162 e. The highest BCUT2D eigenvalue weighted by molar-refractivity contribution is 6.13. The third-order valence-corrected chi connectivity index (χ3v) is 7.86. The molecule has 39 heavy (non-hydrogen) atoms. The maximum absolute atomic E-state index is 6.52. The van der Waals surface area contributed by atoms with E-state index in [9.17, 15) is 0 Å². The monoisotopic (exact) mass is 500 g/mol. The Balaban J connectivity index is 1.34. The number of pyridine rings is 2. The summed E-state index contributed by atoms with van der Waals surface area (Å²) >= 11 is 0. The van der Waals surface area contributed by atoms with Crippen LogP contribution in [-0.4, -0.2) is 19.1 Å². The maximum atomic E-state index is 6.52. The fourth-order valence-corrected chi connectivity index (χ4v) is 6.20. The molecule has 9 rings (SSSR count). The normalized spacial score (nSPS) is 12.1. The molecule has 0 radical (unpaired) electrons. The minimum Gasteiger partial charge on any atom is -0.452 e. The summed E-state index contributed by atoms with van der Waals surface area (Å²) in [5.41, 5.74) is 6.96. The first kappa shape index (κ1) is 20.6. The molecule has 4 aromatic carbocycles. The van der Waals surface area contributed by atoms with E-state index in [1.807, 2.05) is 18.6 Å². The second-order valence-electron chi connectivity index (χ2n) is 9.92. The fraction of sp³-hybridized carbons (Fsp3) is 0. The molecule has 0 bridgehead atoms. The molecule has 0 amide bonds. The van der Waals surface area contributed by atoms with Gasteiger partial charge in [0.05, 0.1) is 34.5 Å². The second kappa shape index (κ2) is 7.55. The highest BCUT2D eigenvalue weighted by Gasteiger charge is 2.19. The van der Waals surface area contributed by atoms with E-state index in [1.165, 1.54) is 21.5 Å². The molecule has 0 atom stereocenters. The number of fused-ring (bicyclic) bond motifs is 9. The van der Waals surface area contributed by atoms with Gasteiger partial charge in [-0.1, -0.05) is 72.8 Å². The van der Waals surface area contributed by atoms with Crippen molar-refractivity contribution >= 4 is 65.6 Å². The highest BCUT2D eigenvalue weighted by atomic mass is 16.3. The van der Waals surface area contributed by atoms with Gasteiger partial charge in [-0.15, -0.1) is 0 Å². The Hall–Kier alpha value is -5.42. The van der Waals surface area contributed by atoms with Crippen LogP contribution >= 0.6 is 0 Å². The summed E-state index contributed by atoms with van der Waals surface area (Å²) in [5.74, 6) is 0.852. The van der Waals surface area contributed by atoms with E-state index in [0.717, 1.165) is 55.5 Å². The Morgan fingerprint density at radius 3 is 1.56 bits per heavy atom. The van der Waals surface area contributed by atoms with Crippen molar-refractivity contribution in [2.45, 2.75) is 0 Å². The molecule has 0 aliphatic rings. The molecule has 5 heterocycles. The molecule has 0 saturated carbocycles. The molecule has 0 aliphatic heterocycles. The third-order valence-electron chi connectivity index (χ3n) is 7.86. The molecule has 5 nitrogen and oxygen atoms in total. The molecule has 5 heteroatoms. The number of furan rings is 1. The van der Waals surface area contributed by atoms with Crippen molar-refractivity contribution in [1.29, 1.82) is 0 Å². The first-order valence-electron chi connectivity index (χ1n) is 13.0. The first-order chi connectivity index (χ1) is 19.4. The van der Waals surface area contributed by atoms with Crippen LogP contribution in [0.15, 0.2) is 126 Å². The number of hydrogen-bond donors (Lipinski definition) is 0. The van der Waals surface area contributed by atoms with Gasteiger partial charge < -0.3 is 8.98 Å². The van der Waals surface area contributed by atoms with Crippen molar-refractivity contribution in [3.05, 3.63) is 122 Å². The molecule has 0 fully saturated rings.